The highest BCUT2D eigenvalue weighted by Gasteiger charge is 2.38. The van der Waals surface area contributed by atoms with Crippen LogP contribution in [-0.2, 0) is 14.3 Å². The molecular formula is C14H28N2O3. The van der Waals surface area contributed by atoms with Gasteiger partial charge >= 0.3 is 5.97 Å². The number of carbonyl (C=O) groups excluding carboxylic acids is 1. The predicted octanol–water partition coefficient (Wildman–Crippen LogP) is 1.16. The molecular weight excluding hydrogens is 244 g/mol. The summed E-state index contributed by atoms with van der Waals surface area (Å²) in [6, 6.07) is -0.533. The summed E-state index contributed by atoms with van der Waals surface area (Å²) in [5.41, 5.74) is 5.48. The summed E-state index contributed by atoms with van der Waals surface area (Å²) in [7, 11) is 0. The molecule has 1 saturated heterocycles. The van der Waals surface area contributed by atoms with Crippen molar-refractivity contribution in [2.24, 2.45) is 5.73 Å². The Hall–Kier alpha value is -0.650. The SMILES string of the molecule is CCOC(=O)C(N)CCN1CC(C)(C)OC(C)(C)C1. The van der Waals surface area contributed by atoms with Gasteiger partial charge in [-0.25, -0.2) is 0 Å². The van der Waals surface area contributed by atoms with Gasteiger partial charge in [-0.15, -0.1) is 0 Å². The zero-order chi connectivity index (χ0) is 14.7. The monoisotopic (exact) mass is 272 g/mol. The van der Waals surface area contributed by atoms with Gasteiger partial charge < -0.3 is 15.2 Å². The summed E-state index contributed by atoms with van der Waals surface area (Å²) < 4.78 is 10.9. The lowest BCUT2D eigenvalue weighted by Crippen LogP contribution is -2.57. The second-order valence-corrected chi connectivity index (χ2v) is 6.48. The van der Waals surface area contributed by atoms with Crippen LogP contribution in [0.25, 0.3) is 0 Å². The van der Waals surface area contributed by atoms with Gasteiger partial charge in [0.1, 0.15) is 6.04 Å². The Morgan fingerprint density at radius 3 is 2.32 bits per heavy atom. The second-order valence-electron chi connectivity index (χ2n) is 6.48. The Kier molecular flexibility index (Phi) is 5.35. The van der Waals surface area contributed by atoms with E-state index in [0.29, 0.717) is 13.0 Å². The molecule has 0 spiro atoms. The van der Waals surface area contributed by atoms with Crippen LogP contribution in [0.2, 0.25) is 0 Å². The molecule has 1 rings (SSSR count). The van der Waals surface area contributed by atoms with Crippen LogP contribution in [0.3, 0.4) is 0 Å². The first kappa shape index (κ1) is 16.4. The highest BCUT2D eigenvalue weighted by atomic mass is 16.5. The molecule has 5 heteroatoms. The van der Waals surface area contributed by atoms with E-state index in [2.05, 4.69) is 32.6 Å². The molecule has 0 radical (unpaired) electrons. The zero-order valence-corrected chi connectivity index (χ0v) is 12.9. The molecule has 0 aliphatic carbocycles. The molecule has 0 bridgehead atoms. The van der Waals surface area contributed by atoms with Crippen LogP contribution < -0.4 is 5.73 Å². The summed E-state index contributed by atoms with van der Waals surface area (Å²) in [5.74, 6) is -0.311. The molecule has 1 unspecified atom stereocenters. The van der Waals surface area contributed by atoms with Crippen molar-refractivity contribution >= 4 is 5.97 Å². The minimum atomic E-state index is -0.533. The fourth-order valence-electron chi connectivity index (χ4n) is 2.79. The van der Waals surface area contributed by atoms with Crippen LogP contribution in [0.15, 0.2) is 0 Å². The normalized spacial score (nSPS) is 23.9. The number of nitrogens with zero attached hydrogens (tertiary/aromatic N) is 1. The Morgan fingerprint density at radius 1 is 1.32 bits per heavy atom. The third kappa shape index (κ3) is 5.47. The Balaban J connectivity index is 2.46. The van der Waals surface area contributed by atoms with Crippen molar-refractivity contribution in [1.29, 1.82) is 0 Å². The minimum absolute atomic E-state index is 0.171. The van der Waals surface area contributed by atoms with Gasteiger partial charge in [0.15, 0.2) is 0 Å². The summed E-state index contributed by atoms with van der Waals surface area (Å²) in [4.78, 5) is 13.8. The third-order valence-electron chi connectivity index (χ3n) is 3.11. The standard InChI is InChI=1S/C14H28N2O3/c1-6-18-12(17)11(15)7-8-16-9-13(2,3)19-14(4,5)10-16/h11H,6-10,15H2,1-5H3. The fraction of sp³-hybridized carbons (Fsp3) is 0.929. The molecule has 1 atom stereocenters. The Labute approximate surface area is 116 Å². The molecule has 0 amide bonds. The van der Waals surface area contributed by atoms with E-state index in [9.17, 15) is 4.79 Å². The second kappa shape index (κ2) is 6.20. The van der Waals surface area contributed by atoms with Crippen molar-refractivity contribution in [3.8, 4) is 0 Å². The lowest BCUT2D eigenvalue weighted by atomic mass is 9.98. The quantitative estimate of drug-likeness (QED) is 0.761. The number of ether oxygens (including phenoxy) is 2. The van der Waals surface area contributed by atoms with E-state index < -0.39 is 6.04 Å². The predicted molar refractivity (Wildman–Crippen MR) is 74.9 cm³/mol. The summed E-state index contributed by atoms with van der Waals surface area (Å²) in [6.45, 7) is 13.0. The first-order chi connectivity index (χ1) is 8.65. The number of hydrogen-bond donors (Lipinski definition) is 1. The van der Waals surface area contributed by atoms with Gasteiger partial charge in [0, 0.05) is 19.6 Å². The lowest BCUT2D eigenvalue weighted by molar-refractivity contribution is -0.180. The number of rotatable bonds is 5. The van der Waals surface area contributed by atoms with Crippen molar-refractivity contribution in [3.05, 3.63) is 0 Å². The van der Waals surface area contributed by atoms with Crippen molar-refractivity contribution < 1.29 is 14.3 Å². The van der Waals surface area contributed by atoms with E-state index in [4.69, 9.17) is 15.2 Å². The third-order valence-corrected chi connectivity index (χ3v) is 3.11. The van der Waals surface area contributed by atoms with E-state index in [0.717, 1.165) is 19.6 Å². The molecule has 0 saturated carbocycles. The number of carbonyl (C=O) groups is 1. The molecule has 1 heterocycles. The highest BCUT2D eigenvalue weighted by molar-refractivity contribution is 5.75. The van der Waals surface area contributed by atoms with Crippen LogP contribution in [0, 0.1) is 0 Å². The van der Waals surface area contributed by atoms with Gasteiger partial charge in [-0.05, 0) is 41.0 Å². The summed E-state index contributed by atoms with van der Waals surface area (Å²) in [6.07, 6.45) is 0.616. The van der Waals surface area contributed by atoms with Crippen molar-refractivity contribution in [3.63, 3.8) is 0 Å². The molecule has 5 nitrogen and oxygen atoms in total. The van der Waals surface area contributed by atoms with Crippen LogP contribution in [0.1, 0.15) is 41.0 Å². The number of hydrogen-bond acceptors (Lipinski definition) is 5. The van der Waals surface area contributed by atoms with Gasteiger partial charge in [0.05, 0.1) is 17.8 Å². The number of esters is 1. The maximum absolute atomic E-state index is 11.5. The van der Waals surface area contributed by atoms with Gasteiger partial charge in [0.25, 0.3) is 0 Å². The van der Waals surface area contributed by atoms with Crippen molar-refractivity contribution in [2.45, 2.75) is 58.3 Å². The Morgan fingerprint density at radius 2 is 1.84 bits per heavy atom. The molecule has 1 aliphatic heterocycles. The van der Waals surface area contributed by atoms with E-state index in [1.807, 2.05) is 0 Å². The molecule has 1 fully saturated rings. The maximum atomic E-state index is 11.5. The molecule has 19 heavy (non-hydrogen) atoms. The van der Waals surface area contributed by atoms with Crippen LogP contribution in [0.5, 0.6) is 0 Å². The lowest BCUT2D eigenvalue weighted by Gasteiger charge is -2.47. The zero-order valence-electron chi connectivity index (χ0n) is 12.9. The number of nitrogens with two attached hydrogens (primary N) is 1. The van der Waals surface area contributed by atoms with Gasteiger partial charge in [-0.1, -0.05) is 0 Å². The molecule has 1 aliphatic rings. The van der Waals surface area contributed by atoms with Crippen LogP contribution in [0.4, 0.5) is 0 Å². The first-order valence-corrected chi connectivity index (χ1v) is 7.00. The van der Waals surface area contributed by atoms with E-state index in [1.165, 1.54) is 0 Å². The van der Waals surface area contributed by atoms with Gasteiger partial charge in [0.2, 0.25) is 0 Å². The highest BCUT2D eigenvalue weighted by Crippen LogP contribution is 2.28. The summed E-state index contributed by atoms with van der Waals surface area (Å²) >= 11 is 0. The molecule has 2 N–H and O–H groups in total. The maximum Gasteiger partial charge on any atom is 0.322 e. The average Bonchev–Trinajstić information content (AvgIpc) is 2.21. The van der Waals surface area contributed by atoms with Crippen LogP contribution in [-0.4, -0.2) is 54.4 Å². The molecule has 112 valence electrons. The average molecular weight is 272 g/mol. The van der Waals surface area contributed by atoms with E-state index in [-0.39, 0.29) is 17.2 Å². The largest absolute Gasteiger partial charge is 0.465 e. The van der Waals surface area contributed by atoms with E-state index >= 15 is 0 Å². The Bertz CT molecular complexity index is 300. The smallest absolute Gasteiger partial charge is 0.322 e. The molecule has 0 aromatic heterocycles. The van der Waals surface area contributed by atoms with Gasteiger partial charge in [-0.2, -0.15) is 0 Å². The van der Waals surface area contributed by atoms with E-state index in [1.54, 1.807) is 6.92 Å². The molecule has 0 aromatic rings. The summed E-state index contributed by atoms with van der Waals surface area (Å²) in [5, 5.41) is 0. The minimum Gasteiger partial charge on any atom is -0.465 e. The first-order valence-electron chi connectivity index (χ1n) is 7.00. The van der Waals surface area contributed by atoms with Gasteiger partial charge in [-0.3, -0.25) is 9.69 Å². The molecule has 0 aromatic carbocycles. The van der Waals surface area contributed by atoms with Crippen molar-refractivity contribution in [2.75, 3.05) is 26.2 Å². The van der Waals surface area contributed by atoms with Crippen LogP contribution >= 0.6 is 0 Å². The number of morpholine rings is 1. The topological polar surface area (TPSA) is 64.8 Å². The van der Waals surface area contributed by atoms with Crippen molar-refractivity contribution in [1.82, 2.24) is 4.90 Å². The fourth-order valence-corrected chi connectivity index (χ4v) is 2.79.